The fraction of sp³-hybridized carbons (Fsp3) is 0. The molecule has 1 aliphatic rings. The van der Waals surface area contributed by atoms with Crippen LogP contribution in [0, 0.1) is 0 Å². The first kappa shape index (κ1) is 39.6. The quantitative estimate of drug-likeness (QED) is 0.143. The Kier molecular flexibility index (Phi) is 9.48. The Morgan fingerprint density at radius 1 is 0.279 bits per heavy atom. The molecule has 0 aliphatic carbocycles. The van der Waals surface area contributed by atoms with Gasteiger partial charge in [0.25, 0.3) is 0 Å². The first-order valence-corrected chi connectivity index (χ1v) is 25.2. The molecule has 0 atom stereocenters. The lowest BCUT2D eigenvalue weighted by atomic mass is 10.0. The number of benzene rings is 10. The Morgan fingerprint density at radius 2 is 0.676 bits per heavy atom. The van der Waals surface area contributed by atoms with Crippen molar-refractivity contribution >= 4 is 50.6 Å². The van der Waals surface area contributed by atoms with Crippen LogP contribution in [0.2, 0.25) is 0 Å². The molecule has 0 bridgehead atoms. The Morgan fingerprint density at radius 3 is 1.26 bits per heavy atom. The highest BCUT2D eigenvalue weighted by Crippen LogP contribution is 2.36. The van der Waals surface area contributed by atoms with Gasteiger partial charge in [0, 0.05) is 33.2 Å². The standard InChI is InChI=1S/C63H42N4Si/c1-4-16-46(17-5-1)61-64-62(66-63(65-61)48-34-30-45(31-35-48)49-38-41-58-56(42-49)53-22-10-13-25-57(53)67(58)50-18-6-2-7-19-50)47-32-28-43(29-33-47)44-36-39-52(40-37-44)68(51-20-8-3-9-21-51)59-26-14-11-23-54(59)55-24-12-15-27-60(55)68/h1-42H. The van der Waals surface area contributed by atoms with E-state index in [4.69, 9.17) is 15.0 Å². The highest BCUT2D eigenvalue weighted by atomic mass is 28.3. The van der Waals surface area contributed by atoms with Gasteiger partial charge >= 0.3 is 0 Å². The molecule has 0 fully saturated rings. The second-order valence-electron chi connectivity index (χ2n) is 17.5. The van der Waals surface area contributed by atoms with Gasteiger partial charge in [0.1, 0.15) is 0 Å². The van der Waals surface area contributed by atoms with Gasteiger partial charge in [0.05, 0.1) is 11.0 Å². The van der Waals surface area contributed by atoms with E-state index in [-0.39, 0.29) is 0 Å². The van der Waals surface area contributed by atoms with E-state index in [1.165, 1.54) is 59.2 Å². The molecule has 4 nitrogen and oxygen atoms in total. The maximum absolute atomic E-state index is 5.12. The number of aromatic nitrogens is 4. The number of hydrogen-bond acceptors (Lipinski definition) is 3. The Labute approximate surface area is 396 Å². The molecule has 0 radical (unpaired) electrons. The van der Waals surface area contributed by atoms with Crippen LogP contribution < -0.4 is 20.7 Å². The molecule has 12 aromatic rings. The maximum Gasteiger partial charge on any atom is 0.180 e. The highest BCUT2D eigenvalue weighted by molar-refractivity contribution is 7.22. The summed E-state index contributed by atoms with van der Waals surface area (Å²) < 4.78 is 2.35. The van der Waals surface area contributed by atoms with E-state index >= 15 is 0 Å². The van der Waals surface area contributed by atoms with E-state index in [9.17, 15) is 0 Å². The second-order valence-corrected chi connectivity index (χ2v) is 21.3. The van der Waals surface area contributed by atoms with Crippen molar-refractivity contribution in [2.24, 2.45) is 0 Å². The maximum atomic E-state index is 5.12. The predicted molar refractivity (Wildman–Crippen MR) is 284 cm³/mol. The average Bonchev–Trinajstić information content (AvgIpc) is 3.92. The summed E-state index contributed by atoms with van der Waals surface area (Å²) in [7, 11) is -2.54. The van der Waals surface area contributed by atoms with Crippen molar-refractivity contribution in [1.82, 2.24) is 19.5 Å². The summed E-state index contributed by atoms with van der Waals surface area (Å²) in [5.74, 6) is 1.91. The van der Waals surface area contributed by atoms with Crippen LogP contribution in [-0.4, -0.2) is 27.6 Å². The van der Waals surface area contributed by atoms with Gasteiger partial charge in [0.2, 0.25) is 0 Å². The van der Waals surface area contributed by atoms with Gasteiger partial charge in [-0.2, -0.15) is 0 Å². The fourth-order valence-corrected chi connectivity index (χ4v) is 15.8. The number of para-hydroxylation sites is 2. The molecule has 1 aliphatic heterocycles. The molecule has 0 spiro atoms. The van der Waals surface area contributed by atoms with E-state index in [1.54, 1.807) is 0 Å². The molecule has 13 rings (SSSR count). The topological polar surface area (TPSA) is 43.6 Å². The highest BCUT2D eigenvalue weighted by Gasteiger charge is 2.48. The minimum absolute atomic E-state index is 0.632. The Balaban J connectivity index is 0.834. The van der Waals surface area contributed by atoms with Gasteiger partial charge in [-0.3, -0.25) is 0 Å². The Hall–Kier alpha value is -8.77. The van der Waals surface area contributed by atoms with Crippen LogP contribution in [0.4, 0.5) is 0 Å². The third kappa shape index (κ3) is 6.47. The molecule has 3 heterocycles. The van der Waals surface area contributed by atoms with Crippen LogP contribution in [0.3, 0.4) is 0 Å². The third-order valence-electron chi connectivity index (χ3n) is 13.8. The normalized spacial score (nSPS) is 12.5. The molecule has 0 N–H and O–H groups in total. The van der Waals surface area contributed by atoms with Crippen molar-refractivity contribution in [1.29, 1.82) is 0 Å². The molecule has 0 saturated carbocycles. The van der Waals surface area contributed by atoms with Gasteiger partial charge in [-0.1, -0.05) is 224 Å². The molecule has 318 valence electrons. The summed E-state index contributed by atoms with van der Waals surface area (Å²) in [6.45, 7) is 0. The van der Waals surface area contributed by atoms with Crippen LogP contribution in [0.25, 0.3) is 95.0 Å². The zero-order valence-electron chi connectivity index (χ0n) is 37.0. The molecule has 0 saturated heterocycles. The number of hydrogen-bond donors (Lipinski definition) is 0. The molecule has 5 heteroatoms. The zero-order valence-corrected chi connectivity index (χ0v) is 38.0. The lowest BCUT2D eigenvalue weighted by Gasteiger charge is -2.31. The summed E-state index contributed by atoms with van der Waals surface area (Å²) in [4.78, 5) is 15.2. The van der Waals surface area contributed by atoms with E-state index < -0.39 is 8.07 Å². The van der Waals surface area contributed by atoms with Gasteiger partial charge < -0.3 is 4.57 Å². The smallest absolute Gasteiger partial charge is 0.180 e. The molecular formula is C63H42N4Si. The Bertz CT molecular complexity index is 3770. The van der Waals surface area contributed by atoms with E-state index in [0.717, 1.165) is 39.1 Å². The van der Waals surface area contributed by atoms with Crippen LogP contribution in [-0.2, 0) is 0 Å². The molecule has 2 aromatic heterocycles. The number of nitrogens with zero attached hydrogens (tertiary/aromatic N) is 4. The first-order valence-electron chi connectivity index (χ1n) is 23.2. The van der Waals surface area contributed by atoms with Gasteiger partial charge in [-0.15, -0.1) is 0 Å². The monoisotopic (exact) mass is 882 g/mol. The van der Waals surface area contributed by atoms with Crippen molar-refractivity contribution < 1.29 is 0 Å². The third-order valence-corrected chi connectivity index (χ3v) is 18.7. The van der Waals surface area contributed by atoms with Crippen molar-refractivity contribution in [3.8, 4) is 73.2 Å². The summed E-state index contributed by atoms with van der Waals surface area (Å²) in [6, 6.07) is 92.0. The molecule has 0 amide bonds. The van der Waals surface area contributed by atoms with Gasteiger partial charge in [0.15, 0.2) is 25.5 Å². The van der Waals surface area contributed by atoms with E-state index in [0.29, 0.717) is 17.5 Å². The van der Waals surface area contributed by atoms with Crippen molar-refractivity contribution in [3.63, 3.8) is 0 Å². The van der Waals surface area contributed by atoms with Crippen molar-refractivity contribution in [3.05, 3.63) is 255 Å². The number of rotatable bonds is 8. The molecule has 0 unspecified atom stereocenters. The molecular weight excluding hydrogens is 841 g/mol. The predicted octanol–water partition coefficient (Wildman–Crippen LogP) is 12.7. The minimum atomic E-state index is -2.54. The molecule has 68 heavy (non-hydrogen) atoms. The fourth-order valence-electron chi connectivity index (χ4n) is 10.6. The van der Waals surface area contributed by atoms with E-state index in [2.05, 4.69) is 241 Å². The van der Waals surface area contributed by atoms with Crippen molar-refractivity contribution in [2.45, 2.75) is 0 Å². The summed E-state index contributed by atoms with van der Waals surface area (Å²) in [5, 5.41) is 8.15. The van der Waals surface area contributed by atoms with Crippen molar-refractivity contribution in [2.75, 3.05) is 0 Å². The lowest BCUT2D eigenvalue weighted by molar-refractivity contribution is 1.07. The van der Waals surface area contributed by atoms with Gasteiger partial charge in [-0.05, 0) is 84.5 Å². The zero-order chi connectivity index (χ0) is 45.0. The lowest BCUT2D eigenvalue weighted by Crippen LogP contribution is -2.72. The summed E-state index contributed by atoms with van der Waals surface area (Å²) >= 11 is 0. The van der Waals surface area contributed by atoms with Crippen LogP contribution in [0.15, 0.2) is 255 Å². The second kappa shape index (κ2) is 16.3. The van der Waals surface area contributed by atoms with Crippen LogP contribution in [0.1, 0.15) is 0 Å². The number of fused-ring (bicyclic) bond motifs is 6. The first-order chi connectivity index (χ1) is 33.7. The van der Waals surface area contributed by atoms with Crippen LogP contribution in [0.5, 0.6) is 0 Å². The minimum Gasteiger partial charge on any atom is -0.309 e. The summed E-state index contributed by atoms with van der Waals surface area (Å²) in [6.07, 6.45) is 0. The summed E-state index contributed by atoms with van der Waals surface area (Å²) in [5.41, 5.74) is 13.6. The largest absolute Gasteiger partial charge is 0.309 e. The van der Waals surface area contributed by atoms with Crippen LogP contribution >= 0.6 is 0 Å². The van der Waals surface area contributed by atoms with E-state index in [1.807, 2.05) is 18.2 Å². The average molecular weight is 883 g/mol. The van der Waals surface area contributed by atoms with Gasteiger partial charge in [-0.25, -0.2) is 15.0 Å². The SMILES string of the molecule is c1ccc(-c2nc(-c3ccc(-c4ccc([Si]5(c6ccccc6)c6ccccc6-c6ccccc65)cc4)cc3)nc(-c3ccc(-c4ccc5c(c4)c4ccccc4n5-c4ccccc4)cc3)n2)cc1. The molecule has 10 aromatic carbocycles.